The van der Waals surface area contributed by atoms with Crippen LogP contribution in [-0.2, 0) is 4.79 Å². The SMILES string of the molecule is CCCCCCCN(C)C(=O)CC. The summed E-state index contributed by atoms with van der Waals surface area (Å²) in [6.45, 7) is 5.05. The second kappa shape index (κ2) is 8.09. The zero-order chi connectivity index (χ0) is 10.1. The van der Waals surface area contributed by atoms with E-state index in [1.807, 2.05) is 18.9 Å². The Balaban J connectivity index is 3.26. The molecule has 0 aromatic rings. The number of amides is 1. The van der Waals surface area contributed by atoms with Crippen LogP contribution in [0.1, 0.15) is 52.4 Å². The van der Waals surface area contributed by atoms with Crippen LogP contribution in [0.5, 0.6) is 0 Å². The molecule has 0 spiro atoms. The minimum Gasteiger partial charge on any atom is -0.346 e. The van der Waals surface area contributed by atoms with E-state index in [9.17, 15) is 4.79 Å². The summed E-state index contributed by atoms with van der Waals surface area (Å²) in [7, 11) is 1.89. The number of hydrogen-bond donors (Lipinski definition) is 0. The maximum Gasteiger partial charge on any atom is 0.222 e. The van der Waals surface area contributed by atoms with Gasteiger partial charge >= 0.3 is 0 Å². The van der Waals surface area contributed by atoms with Gasteiger partial charge < -0.3 is 4.90 Å². The molecule has 0 aliphatic heterocycles. The quantitative estimate of drug-likeness (QED) is 0.558. The second-order valence-electron chi connectivity index (χ2n) is 3.58. The van der Waals surface area contributed by atoms with E-state index in [0.29, 0.717) is 6.42 Å². The molecule has 0 saturated heterocycles. The molecule has 0 rings (SSSR count). The van der Waals surface area contributed by atoms with Crippen molar-refractivity contribution >= 4 is 5.91 Å². The topological polar surface area (TPSA) is 20.3 Å². The van der Waals surface area contributed by atoms with Crippen LogP contribution in [0.4, 0.5) is 0 Å². The lowest BCUT2D eigenvalue weighted by Gasteiger charge is -2.15. The first-order valence-electron chi connectivity index (χ1n) is 5.46. The zero-order valence-corrected chi connectivity index (χ0v) is 9.31. The molecule has 0 N–H and O–H groups in total. The van der Waals surface area contributed by atoms with Crippen molar-refractivity contribution in [1.29, 1.82) is 0 Å². The number of carbonyl (C=O) groups is 1. The van der Waals surface area contributed by atoms with Crippen LogP contribution in [0, 0.1) is 0 Å². The molecule has 0 fully saturated rings. The highest BCUT2D eigenvalue weighted by atomic mass is 16.2. The van der Waals surface area contributed by atoms with Gasteiger partial charge in [-0.1, -0.05) is 39.5 Å². The van der Waals surface area contributed by atoms with Crippen LogP contribution >= 0.6 is 0 Å². The van der Waals surface area contributed by atoms with Crippen molar-refractivity contribution in [3.63, 3.8) is 0 Å². The molecule has 0 atom stereocenters. The highest BCUT2D eigenvalue weighted by Gasteiger charge is 2.03. The van der Waals surface area contributed by atoms with Gasteiger partial charge in [0.1, 0.15) is 0 Å². The molecule has 78 valence electrons. The van der Waals surface area contributed by atoms with Crippen LogP contribution in [0.3, 0.4) is 0 Å². The Bertz CT molecular complexity index is 134. The van der Waals surface area contributed by atoms with Gasteiger partial charge in [0.2, 0.25) is 5.91 Å². The molecule has 1 amide bonds. The lowest BCUT2D eigenvalue weighted by atomic mass is 10.1. The number of carbonyl (C=O) groups excluding carboxylic acids is 1. The maximum absolute atomic E-state index is 11.2. The molecule has 0 saturated carbocycles. The average molecular weight is 185 g/mol. The van der Waals surface area contributed by atoms with Crippen molar-refractivity contribution in [2.24, 2.45) is 0 Å². The summed E-state index contributed by atoms with van der Waals surface area (Å²) in [6.07, 6.45) is 6.96. The summed E-state index contributed by atoms with van der Waals surface area (Å²) in [5, 5.41) is 0. The minimum absolute atomic E-state index is 0.260. The summed E-state index contributed by atoms with van der Waals surface area (Å²) in [5.41, 5.74) is 0. The van der Waals surface area contributed by atoms with Gasteiger partial charge in [0.15, 0.2) is 0 Å². The Labute approximate surface area is 82.3 Å². The molecule has 0 radical (unpaired) electrons. The summed E-state index contributed by atoms with van der Waals surface area (Å²) >= 11 is 0. The number of rotatable bonds is 7. The standard InChI is InChI=1S/C11H23NO/c1-4-6-7-8-9-10-12(3)11(13)5-2/h4-10H2,1-3H3. The summed E-state index contributed by atoms with van der Waals surface area (Å²) < 4.78 is 0. The van der Waals surface area contributed by atoms with Gasteiger partial charge in [0.25, 0.3) is 0 Å². The fraction of sp³-hybridized carbons (Fsp3) is 0.909. The van der Waals surface area contributed by atoms with Crippen LogP contribution in [0.15, 0.2) is 0 Å². The monoisotopic (exact) mass is 185 g/mol. The Morgan fingerprint density at radius 3 is 2.23 bits per heavy atom. The third kappa shape index (κ3) is 6.62. The first kappa shape index (κ1) is 12.5. The molecule has 0 bridgehead atoms. The van der Waals surface area contributed by atoms with Crippen molar-refractivity contribution in [3.05, 3.63) is 0 Å². The molecule has 0 aliphatic carbocycles. The van der Waals surface area contributed by atoms with Gasteiger partial charge in [-0.3, -0.25) is 4.79 Å². The van der Waals surface area contributed by atoms with E-state index >= 15 is 0 Å². The Morgan fingerprint density at radius 2 is 1.69 bits per heavy atom. The van der Waals surface area contributed by atoms with Crippen molar-refractivity contribution in [1.82, 2.24) is 4.90 Å². The Hall–Kier alpha value is -0.530. The fourth-order valence-corrected chi connectivity index (χ4v) is 1.35. The molecule has 0 unspecified atom stereocenters. The van der Waals surface area contributed by atoms with Gasteiger partial charge in [0, 0.05) is 20.0 Å². The molecule has 0 aromatic carbocycles. The molecule has 0 aromatic heterocycles. The van der Waals surface area contributed by atoms with Gasteiger partial charge in [-0.05, 0) is 6.42 Å². The Kier molecular flexibility index (Phi) is 7.76. The van der Waals surface area contributed by atoms with Gasteiger partial charge in [0.05, 0.1) is 0 Å². The second-order valence-corrected chi connectivity index (χ2v) is 3.58. The number of unbranched alkanes of at least 4 members (excludes halogenated alkanes) is 4. The molecule has 0 aliphatic rings. The zero-order valence-electron chi connectivity index (χ0n) is 9.31. The average Bonchev–Trinajstić information content (AvgIpc) is 2.16. The van der Waals surface area contributed by atoms with Gasteiger partial charge in [-0.15, -0.1) is 0 Å². The normalized spacial score (nSPS) is 10.1. The Morgan fingerprint density at radius 1 is 1.08 bits per heavy atom. The molecule has 13 heavy (non-hydrogen) atoms. The third-order valence-electron chi connectivity index (χ3n) is 2.33. The lowest BCUT2D eigenvalue weighted by molar-refractivity contribution is -0.129. The van der Waals surface area contributed by atoms with Crippen LogP contribution in [0.2, 0.25) is 0 Å². The van der Waals surface area contributed by atoms with Crippen molar-refractivity contribution < 1.29 is 4.79 Å². The minimum atomic E-state index is 0.260. The van der Waals surface area contributed by atoms with Crippen LogP contribution in [-0.4, -0.2) is 24.4 Å². The summed E-state index contributed by atoms with van der Waals surface area (Å²) in [5.74, 6) is 0.260. The third-order valence-corrected chi connectivity index (χ3v) is 2.33. The predicted molar refractivity (Wildman–Crippen MR) is 56.7 cm³/mol. The molecular weight excluding hydrogens is 162 g/mol. The van der Waals surface area contributed by atoms with Crippen LogP contribution < -0.4 is 0 Å². The number of hydrogen-bond acceptors (Lipinski definition) is 1. The van der Waals surface area contributed by atoms with E-state index in [0.717, 1.165) is 13.0 Å². The largest absolute Gasteiger partial charge is 0.346 e. The summed E-state index contributed by atoms with van der Waals surface area (Å²) in [6, 6.07) is 0. The fourth-order valence-electron chi connectivity index (χ4n) is 1.35. The molecule has 2 heteroatoms. The highest BCUT2D eigenvalue weighted by molar-refractivity contribution is 5.75. The predicted octanol–water partition coefficient (Wildman–Crippen LogP) is 2.83. The summed E-state index contributed by atoms with van der Waals surface area (Å²) in [4.78, 5) is 13.0. The van der Waals surface area contributed by atoms with E-state index in [1.54, 1.807) is 0 Å². The smallest absolute Gasteiger partial charge is 0.222 e. The highest BCUT2D eigenvalue weighted by Crippen LogP contribution is 2.03. The van der Waals surface area contributed by atoms with E-state index in [2.05, 4.69) is 6.92 Å². The first-order valence-corrected chi connectivity index (χ1v) is 5.46. The first-order chi connectivity index (χ1) is 6.22. The van der Waals surface area contributed by atoms with E-state index in [-0.39, 0.29) is 5.91 Å². The molecule has 0 heterocycles. The van der Waals surface area contributed by atoms with Crippen LogP contribution in [0.25, 0.3) is 0 Å². The van der Waals surface area contributed by atoms with Gasteiger partial charge in [-0.2, -0.15) is 0 Å². The molecular formula is C11H23NO. The van der Waals surface area contributed by atoms with E-state index in [1.165, 1.54) is 25.7 Å². The van der Waals surface area contributed by atoms with Crippen molar-refractivity contribution in [3.8, 4) is 0 Å². The lowest BCUT2D eigenvalue weighted by Crippen LogP contribution is -2.26. The van der Waals surface area contributed by atoms with Gasteiger partial charge in [-0.25, -0.2) is 0 Å². The van der Waals surface area contributed by atoms with E-state index < -0.39 is 0 Å². The molecule has 2 nitrogen and oxygen atoms in total. The maximum atomic E-state index is 11.2. The van der Waals surface area contributed by atoms with Crippen molar-refractivity contribution in [2.75, 3.05) is 13.6 Å². The van der Waals surface area contributed by atoms with Crippen molar-refractivity contribution in [2.45, 2.75) is 52.4 Å². The van der Waals surface area contributed by atoms with E-state index in [4.69, 9.17) is 0 Å². The number of nitrogens with zero attached hydrogens (tertiary/aromatic N) is 1.